The Kier molecular flexibility index (Phi) is 27.9. The summed E-state index contributed by atoms with van der Waals surface area (Å²) in [6, 6.07) is 0. The highest BCUT2D eigenvalue weighted by atomic mass is 16.8. The van der Waals surface area contributed by atoms with Crippen LogP contribution in [0.1, 0.15) is 133 Å². The molecule has 7 heterocycles. The minimum absolute atomic E-state index is 0.0325. The van der Waals surface area contributed by atoms with Gasteiger partial charge in [0.2, 0.25) is 6.29 Å². The van der Waals surface area contributed by atoms with Crippen LogP contribution in [0.5, 0.6) is 0 Å². The van der Waals surface area contributed by atoms with Gasteiger partial charge in [-0.05, 0) is 129 Å². The number of carbonyl (C=O) groups excluding carboxylic acids is 2. The lowest BCUT2D eigenvalue weighted by atomic mass is 9.33. The van der Waals surface area contributed by atoms with Gasteiger partial charge in [0.15, 0.2) is 43.8 Å². The zero-order valence-corrected chi connectivity index (χ0v) is 66.3. The fraction of sp³-hybridized carbons (Fsp3) is 0.897. The van der Waals surface area contributed by atoms with Crippen molar-refractivity contribution in [2.24, 2.45) is 50.2 Å². The standard InChI is InChI=1S/C78H124O37/c1-11-74(7,100)18-12-13-33(25-79)63(98)101-30-40-50(89)52(91)62(114-67-57(96)53(92)59(32(2)107-67)111-66-58(97)60(39(83)29-104-66)112-64-54(93)46(85)36(80)26-102-64)70(109-40)115-71(99)78-22-21-72(3,4)23-35(78)34-14-15-43-75(8)19-17-45(73(5,6)42(75)16-20-76(43,9)77(34,10)24-44(78)84)110-68-56(95)51(90)49(88)41(108-68)31-106-69-61(48(87)38(82)28-105-69)113-65-55(94)47(86)37(81)27-103-65/h11,13-14,32,35-62,64-70,79-97,100H,1,12,15-31H2,2-10H3/b33-13+/t32-,35-,36+,37+,38-,39+,40-,41-,42-,43+,44+,45-,46-,47-,48-,49+,50+,51-,52-,53+,54?,55-,56-,57+,58-,59-,60-,61-,62?,64-,65-,66-,67-,68-,69-,70-,74?,75-,76+,77+,78+/m0/s1. The van der Waals surface area contributed by atoms with E-state index < -0.39 is 305 Å². The minimum atomic E-state index is -2.15. The van der Waals surface area contributed by atoms with Gasteiger partial charge in [-0.15, -0.1) is 6.58 Å². The quantitative estimate of drug-likeness (QED) is 0.0197. The largest absolute Gasteiger partial charge is 0.459 e. The first-order chi connectivity index (χ1) is 53.9. The molecule has 0 aromatic heterocycles. The average Bonchev–Trinajstić information content (AvgIpc) is 0.670. The summed E-state index contributed by atoms with van der Waals surface area (Å²) in [4.78, 5) is 29.7. The van der Waals surface area contributed by atoms with Crippen LogP contribution in [0.2, 0.25) is 0 Å². The normalized spacial score (nSPS) is 50.5. The summed E-state index contributed by atoms with van der Waals surface area (Å²) >= 11 is 0. The smallest absolute Gasteiger partial charge is 0.336 e. The van der Waals surface area contributed by atoms with Crippen LogP contribution in [0.25, 0.3) is 0 Å². The summed E-state index contributed by atoms with van der Waals surface area (Å²) in [5.41, 5.74) is -5.11. The second kappa shape index (κ2) is 35.2. The van der Waals surface area contributed by atoms with Crippen molar-refractivity contribution in [3.63, 3.8) is 0 Å². The third-order valence-corrected chi connectivity index (χ3v) is 28.3. The number of rotatable bonds is 23. The second-order valence-corrected chi connectivity index (χ2v) is 36.4. The van der Waals surface area contributed by atoms with Crippen molar-refractivity contribution in [2.45, 2.75) is 341 Å². The van der Waals surface area contributed by atoms with Gasteiger partial charge < -0.3 is 173 Å². The highest BCUT2D eigenvalue weighted by molar-refractivity contribution is 5.88. The van der Waals surface area contributed by atoms with Crippen molar-refractivity contribution >= 4 is 11.9 Å². The van der Waals surface area contributed by atoms with E-state index in [0.717, 1.165) is 5.57 Å². The Morgan fingerprint density at radius 2 is 1.06 bits per heavy atom. The fourth-order valence-corrected chi connectivity index (χ4v) is 20.9. The number of hydrogen-bond acceptors (Lipinski definition) is 37. The Bertz CT molecular complexity index is 3380. The van der Waals surface area contributed by atoms with Gasteiger partial charge in [-0.2, -0.15) is 0 Å². The minimum Gasteiger partial charge on any atom is -0.459 e. The molecular formula is C78H124O37. The summed E-state index contributed by atoms with van der Waals surface area (Å²) in [7, 11) is 0. The van der Waals surface area contributed by atoms with E-state index in [1.54, 1.807) is 0 Å². The number of hydrogen-bond donors (Lipinski definition) is 20. The van der Waals surface area contributed by atoms with E-state index >= 15 is 4.79 Å². The summed E-state index contributed by atoms with van der Waals surface area (Å²) in [6.07, 6.45) is -46.4. The van der Waals surface area contributed by atoms with Crippen molar-refractivity contribution in [2.75, 3.05) is 46.2 Å². The van der Waals surface area contributed by atoms with Crippen molar-refractivity contribution in [1.29, 1.82) is 0 Å². The van der Waals surface area contributed by atoms with Crippen molar-refractivity contribution in [1.82, 2.24) is 0 Å². The third-order valence-electron chi connectivity index (χ3n) is 28.3. The van der Waals surface area contributed by atoms with Gasteiger partial charge in [0, 0.05) is 0 Å². The molecule has 12 rings (SSSR count). The van der Waals surface area contributed by atoms with E-state index in [9.17, 15) is 107 Å². The zero-order chi connectivity index (χ0) is 84.0. The number of esters is 2. The van der Waals surface area contributed by atoms with Gasteiger partial charge in [-0.25, -0.2) is 4.79 Å². The molecule has 115 heavy (non-hydrogen) atoms. The van der Waals surface area contributed by atoms with Gasteiger partial charge in [0.05, 0.1) is 69.1 Å². The number of allylic oxidation sites excluding steroid dienone is 3. The fourth-order valence-electron chi connectivity index (χ4n) is 20.9. The van der Waals surface area contributed by atoms with E-state index in [2.05, 4.69) is 61.1 Å². The first-order valence-electron chi connectivity index (χ1n) is 40.2. The van der Waals surface area contributed by atoms with Crippen molar-refractivity contribution in [3.05, 3.63) is 36.0 Å². The Morgan fingerprint density at radius 3 is 1.70 bits per heavy atom. The van der Waals surface area contributed by atoms with Crippen LogP contribution in [0.15, 0.2) is 36.0 Å². The summed E-state index contributed by atoms with van der Waals surface area (Å²) < 4.78 is 89.2. The maximum atomic E-state index is 16.1. The molecule has 7 saturated heterocycles. The highest BCUT2D eigenvalue weighted by Crippen LogP contribution is 2.76. The van der Waals surface area contributed by atoms with E-state index in [0.29, 0.717) is 44.9 Å². The molecule has 0 radical (unpaired) electrons. The molecule has 0 bridgehead atoms. The average molecular weight is 1650 g/mol. The molecule has 37 heteroatoms. The monoisotopic (exact) mass is 1650 g/mol. The number of aliphatic hydroxyl groups is 20. The predicted octanol–water partition coefficient (Wildman–Crippen LogP) is -4.82. The molecule has 11 fully saturated rings. The van der Waals surface area contributed by atoms with E-state index in [-0.39, 0.29) is 43.1 Å². The maximum Gasteiger partial charge on any atom is 0.336 e. The Balaban J connectivity index is 0.764. The number of ether oxygens (including phenoxy) is 15. The molecular weight excluding hydrogens is 1530 g/mol. The topological polar surface area (TPSA) is 577 Å². The lowest BCUT2D eigenvalue weighted by Gasteiger charge is -2.71. The van der Waals surface area contributed by atoms with Crippen LogP contribution in [0, 0.1) is 50.2 Å². The van der Waals surface area contributed by atoms with Gasteiger partial charge in [0.25, 0.3) is 0 Å². The molecule has 7 aliphatic heterocycles. The van der Waals surface area contributed by atoms with Gasteiger partial charge >= 0.3 is 11.9 Å². The SMILES string of the molecule is C=CC(C)(O)CC/C=C(\CO)C(=O)OC[C@@H]1O[C@@H](OC(=O)[C@]23CCC(C)(C)C[C@H]2C2=CC[C@@H]4[C@@]5(C)CC[C@H](O[C@@H]6O[C@@H](CO[C@@H]7OC[C@H](O)[C@H](O)[C@@H]7O[C@@H]7OC[C@@H](O)[C@H](O)[C@@H]7O)[C@@H](O)[C@H](O)[C@@H]6O)C(C)(C)[C@@H]5CC[C@@]4(C)[C@]2(C)C[C@H]3O)C(O[C@@H]2O[C@@H](C)[C@H](O[C@@H]3OC[C@@H](O)[C@H](O[C@@H]4OC[C@@H](O)[C@H](O)C4O)[C@@H]3O)[C@H](O)[C@H]2O)[C@@H](O)[C@@H]1O. The maximum absolute atomic E-state index is 16.1. The van der Waals surface area contributed by atoms with E-state index in [1.807, 2.05) is 0 Å². The molecule has 0 aromatic carbocycles. The lowest BCUT2D eigenvalue weighted by Crippen LogP contribution is -2.69. The molecule has 3 unspecified atom stereocenters. The third kappa shape index (κ3) is 17.3. The van der Waals surface area contributed by atoms with Crippen LogP contribution < -0.4 is 0 Å². The molecule has 20 N–H and O–H groups in total. The summed E-state index contributed by atoms with van der Waals surface area (Å²) in [5, 5.41) is 222. The number of aliphatic hydroxyl groups excluding tert-OH is 19. The molecule has 0 amide bonds. The van der Waals surface area contributed by atoms with Gasteiger partial charge in [0.1, 0.15) is 146 Å². The Labute approximate surface area is 666 Å². The van der Waals surface area contributed by atoms with Gasteiger partial charge in [-0.1, -0.05) is 72.3 Å². The van der Waals surface area contributed by atoms with Crippen LogP contribution >= 0.6 is 0 Å². The number of carbonyl (C=O) groups is 2. The molecule has 5 aliphatic carbocycles. The Hall–Kier alpha value is -3.16. The second-order valence-electron chi connectivity index (χ2n) is 36.4. The molecule has 0 aromatic rings. The summed E-state index contributed by atoms with van der Waals surface area (Å²) in [6.45, 7) is 17.5. The van der Waals surface area contributed by atoms with Gasteiger partial charge in [-0.3, -0.25) is 4.79 Å². The van der Waals surface area contributed by atoms with Crippen molar-refractivity contribution in [3.8, 4) is 0 Å². The summed E-state index contributed by atoms with van der Waals surface area (Å²) in [5.74, 6) is -2.81. The molecule has 12 aliphatic rings. The van der Waals surface area contributed by atoms with E-state index in [4.69, 9.17) is 71.1 Å². The van der Waals surface area contributed by atoms with Crippen LogP contribution in [0.4, 0.5) is 0 Å². The predicted molar refractivity (Wildman–Crippen MR) is 386 cm³/mol. The van der Waals surface area contributed by atoms with Crippen molar-refractivity contribution < 1.29 is 183 Å². The molecule has 0 spiro atoms. The molecule has 41 atom stereocenters. The highest BCUT2D eigenvalue weighted by Gasteiger charge is 2.73. The van der Waals surface area contributed by atoms with Crippen LogP contribution in [-0.4, -0.2) is 369 Å². The zero-order valence-electron chi connectivity index (χ0n) is 66.3. The first kappa shape index (κ1) is 91.1. The van der Waals surface area contributed by atoms with Crippen LogP contribution in [0.3, 0.4) is 0 Å². The number of fused-ring (bicyclic) bond motifs is 7. The first-order valence-corrected chi connectivity index (χ1v) is 40.2. The van der Waals surface area contributed by atoms with Crippen LogP contribution in [-0.2, 0) is 80.6 Å². The lowest BCUT2D eigenvalue weighted by molar-refractivity contribution is -0.379. The molecule has 4 saturated carbocycles. The Morgan fingerprint density at radius 1 is 0.539 bits per heavy atom. The molecule has 658 valence electrons. The molecule has 37 nitrogen and oxygen atoms in total. The van der Waals surface area contributed by atoms with E-state index in [1.165, 1.54) is 26.0 Å².